The Balaban J connectivity index is 1.45. The van der Waals surface area contributed by atoms with Crippen molar-refractivity contribution in [2.75, 3.05) is 38.6 Å². The summed E-state index contributed by atoms with van der Waals surface area (Å²) >= 11 is 6.90. The van der Waals surface area contributed by atoms with Gasteiger partial charge in [-0.15, -0.1) is 23.1 Å². The molecule has 1 unspecified atom stereocenters. The van der Waals surface area contributed by atoms with E-state index >= 15 is 0 Å². The van der Waals surface area contributed by atoms with Crippen LogP contribution in [0.5, 0.6) is 0 Å². The zero-order valence-electron chi connectivity index (χ0n) is 14.5. The fraction of sp³-hybridized carbons (Fsp3) is 0.421. The molecule has 1 aliphatic rings. The third-order valence-electron chi connectivity index (χ3n) is 4.26. The van der Waals surface area contributed by atoms with Crippen LogP contribution in [0.4, 0.5) is 0 Å². The van der Waals surface area contributed by atoms with Gasteiger partial charge >= 0.3 is 0 Å². The van der Waals surface area contributed by atoms with Crippen LogP contribution in [0.3, 0.4) is 0 Å². The van der Waals surface area contributed by atoms with Gasteiger partial charge in [0.15, 0.2) is 0 Å². The predicted molar refractivity (Wildman–Crippen MR) is 112 cm³/mol. The number of morpholine rings is 1. The van der Waals surface area contributed by atoms with Gasteiger partial charge in [-0.25, -0.2) is 0 Å². The van der Waals surface area contributed by atoms with E-state index in [1.54, 1.807) is 23.1 Å². The van der Waals surface area contributed by atoms with E-state index in [0.717, 1.165) is 36.5 Å². The van der Waals surface area contributed by atoms with E-state index in [4.69, 9.17) is 4.74 Å². The standard InChI is InChI=1S/C19H23BrN2O2S2/c20-15-3-5-16(6-4-15)25-13-7-19(23)21-14-17(18-2-1-12-26-18)22-8-10-24-11-9-22/h1-6,12,17H,7-11,13-14H2,(H,21,23). The van der Waals surface area contributed by atoms with Gasteiger partial charge in [-0.1, -0.05) is 22.0 Å². The number of halogens is 1. The quantitative estimate of drug-likeness (QED) is 0.607. The molecule has 1 aliphatic heterocycles. The summed E-state index contributed by atoms with van der Waals surface area (Å²) in [6.45, 7) is 4.01. The number of nitrogens with one attached hydrogen (secondary N) is 1. The van der Waals surface area contributed by atoms with Crippen molar-refractivity contribution < 1.29 is 9.53 Å². The lowest BCUT2D eigenvalue weighted by atomic mass is 10.2. The zero-order valence-corrected chi connectivity index (χ0v) is 17.7. The maximum atomic E-state index is 12.3. The summed E-state index contributed by atoms with van der Waals surface area (Å²) < 4.78 is 6.54. The lowest BCUT2D eigenvalue weighted by Gasteiger charge is -2.34. The number of rotatable bonds is 8. The van der Waals surface area contributed by atoms with Crippen molar-refractivity contribution in [2.45, 2.75) is 17.4 Å². The van der Waals surface area contributed by atoms with Crippen molar-refractivity contribution in [1.29, 1.82) is 0 Å². The summed E-state index contributed by atoms with van der Waals surface area (Å²) in [7, 11) is 0. The van der Waals surface area contributed by atoms with Crippen LogP contribution >= 0.6 is 39.0 Å². The summed E-state index contributed by atoms with van der Waals surface area (Å²) in [5.41, 5.74) is 0. The van der Waals surface area contributed by atoms with E-state index in [0.29, 0.717) is 13.0 Å². The van der Waals surface area contributed by atoms with Gasteiger partial charge in [0, 0.05) is 46.1 Å². The summed E-state index contributed by atoms with van der Waals surface area (Å²) in [6, 6.07) is 12.6. The Kier molecular flexibility index (Phi) is 8.01. The van der Waals surface area contributed by atoms with Crippen molar-refractivity contribution >= 4 is 44.9 Å². The Bertz CT molecular complexity index is 673. The maximum absolute atomic E-state index is 12.3. The molecule has 7 heteroatoms. The fourth-order valence-corrected chi connectivity index (χ4v) is 4.85. The highest BCUT2D eigenvalue weighted by molar-refractivity contribution is 9.10. The topological polar surface area (TPSA) is 41.6 Å². The minimum Gasteiger partial charge on any atom is -0.379 e. The van der Waals surface area contributed by atoms with Crippen molar-refractivity contribution in [2.24, 2.45) is 0 Å². The monoisotopic (exact) mass is 454 g/mol. The van der Waals surface area contributed by atoms with Gasteiger partial charge < -0.3 is 10.1 Å². The molecule has 1 N–H and O–H groups in total. The van der Waals surface area contributed by atoms with Gasteiger partial charge in [0.1, 0.15) is 0 Å². The second-order valence-electron chi connectivity index (χ2n) is 6.04. The summed E-state index contributed by atoms with van der Waals surface area (Å²) in [5.74, 6) is 0.902. The number of nitrogens with zero attached hydrogens (tertiary/aromatic N) is 1. The number of hydrogen-bond donors (Lipinski definition) is 1. The number of carbonyl (C=O) groups excluding carboxylic acids is 1. The average Bonchev–Trinajstić information content (AvgIpc) is 3.19. The van der Waals surface area contributed by atoms with E-state index in [1.807, 2.05) is 12.1 Å². The second-order valence-corrected chi connectivity index (χ2v) is 9.10. The SMILES string of the molecule is O=C(CCSc1ccc(Br)cc1)NCC(c1cccs1)N1CCOCC1. The predicted octanol–water partition coefficient (Wildman–Crippen LogP) is 4.18. The first-order valence-electron chi connectivity index (χ1n) is 8.72. The molecule has 1 amide bonds. The van der Waals surface area contributed by atoms with Crippen LogP contribution in [0.2, 0.25) is 0 Å². The van der Waals surface area contributed by atoms with Crippen LogP contribution in [-0.4, -0.2) is 49.4 Å². The molecule has 1 saturated heterocycles. The van der Waals surface area contributed by atoms with Crippen molar-refractivity contribution in [3.05, 3.63) is 51.1 Å². The Labute approximate surface area is 171 Å². The summed E-state index contributed by atoms with van der Waals surface area (Å²) in [5, 5.41) is 5.22. The largest absolute Gasteiger partial charge is 0.379 e. The first-order valence-corrected chi connectivity index (χ1v) is 11.4. The molecule has 1 fully saturated rings. The van der Waals surface area contributed by atoms with Gasteiger partial charge in [-0.2, -0.15) is 0 Å². The number of amides is 1. The van der Waals surface area contributed by atoms with Gasteiger partial charge in [0.25, 0.3) is 0 Å². The highest BCUT2D eigenvalue weighted by Crippen LogP contribution is 2.25. The van der Waals surface area contributed by atoms with Gasteiger partial charge in [-0.05, 0) is 35.7 Å². The number of hydrogen-bond acceptors (Lipinski definition) is 5. The third-order valence-corrected chi connectivity index (χ3v) is 6.78. The number of carbonyl (C=O) groups is 1. The molecule has 4 nitrogen and oxygen atoms in total. The van der Waals surface area contributed by atoms with Crippen molar-refractivity contribution in [3.63, 3.8) is 0 Å². The molecule has 2 heterocycles. The minimum absolute atomic E-state index is 0.115. The third kappa shape index (κ3) is 6.09. The molecular weight excluding hydrogens is 432 g/mol. The van der Waals surface area contributed by atoms with Gasteiger partial charge in [0.05, 0.1) is 19.3 Å². The molecule has 1 atom stereocenters. The first kappa shape index (κ1) is 19.9. The molecule has 0 bridgehead atoms. The molecular formula is C19H23BrN2O2S2. The molecule has 0 saturated carbocycles. The molecule has 1 aromatic heterocycles. The molecule has 26 heavy (non-hydrogen) atoms. The van der Waals surface area contributed by atoms with E-state index in [9.17, 15) is 4.79 Å². The molecule has 3 rings (SSSR count). The smallest absolute Gasteiger partial charge is 0.220 e. The number of thiophene rings is 1. The van der Waals surface area contributed by atoms with Crippen LogP contribution in [0.25, 0.3) is 0 Å². The van der Waals surface area contributed by atoms with Crippen LogP contribution < -0.4 is 5.32 Å². The van der Waals surface area contributed by atoms with Crippen molar-refractivity contribution in [1.82, 2.24) is 10.2 Å². The van der Waals surface area contributed by atoms with Gasteiger partial charge in [0.2, 0.25) is 5.91 Å². The molecule has 140 valence electrons. The highest BCUT2D eigenvalue weighted by atomic mass is 79.9. The van der Waals surface area contributed by atoms with Crippen molar-refractivity contribution in [3.8, 4) is 0 Å². The second kappa shape index (κ2) is 10.5. The van der Waals surface area contributed by atoms with E-state index in [2.05, 4.69) is 55.8 Å². The lowest BCUT2D eigenvalue weighted by molar-refractivity contribution is -0.121. The Hall–Kier alpha value is -0.860. The number of benzene rings is 1. The summed E-state index contributed by atoms with van der Waals surface area (Å²) in [6.07, 6.45) is 0.529. The van der Waals surface area contributed by atoms with E-state index in [1.165, 1.54) is 9.77 Å². The van der Waals surface area contributed by atoms with E-state index < -0.39 is 0 Å². The maximum Gasteiger partial charge on any atom is 0.220 e. The van der Waals surface area contributed by atoms with Crippen LogP contribution in [0, 0.1) is 0 Å². The molecule has 0 aliphatic carbocycles. The summed E-state index contributed by atoms with van der Waals surface area (Å²) in [4.78, 5) is 17.2. The number of ether oxygens (including phenoxy) is 1. The van der Waals surface area contributed by atoms with Crippen LogP contribution in [-0.2, 0) is 9.53 Å². The normalized spacial score (nSPS) is 16.3. The van der Waals surface area contributed by atoms with Crippen LogP contribution in [0.1, 0.15) is 17.3 Å². The molecule has 0 radical (unpaired) electrons. The Morgan fingerprint density at radius 3 is 2.73 bits per heavy atom. The number of thioether (sulfide) groups is 1. The zero-order chi connectivity index (χ0) is 18.2. The van der Waals surface area contributed by atoms with Gasteiger partial charge in [-0.3, -0.25) is 9.69 Å². The average molecular weight is 455 g/mol. The van der Waals surface area contributed by atoms with Crippen LogP contribution in [0.15, 0.2) is 51.1 Å². The highest BCUT2D eigenvalue weighted by Gasteiger charge is 2.23. The first-order chi connectivity index (χ1) is 12.7. The Morgan fingerprint density at radius 1 is 1.27 bits per heavy atom. The lowest BCUT2D eigenvalue weighted by Crippen LogP contribution is -2.43. The fourth-order valence-electron chi connectivity index (χ4n) is 2.87. The molecule has 1 aromatic carbocycles. The van der Waals surface area contributed by atoms with E-state index in [-0.39, 0.29) is 11.9 Å². The molecule has 0 spiro atoms. The Morgan fingerprint density at radius 2 is 2.04 bits per heavy atom. The molecule has 2 aromatic rings. The minimum atomic E-state index is 0.115.